The van der Waals surface area contributed by atoms with Crippen molar-refractivity contribution in [3.05, 3.63) is 192 Å². The van der Waals surface area contributed by atoms with Gasteiger partial charge in [0.2, 0.25) is 4.93 Å². The summed E-state index contributed by atoms with van der Waals surface area (Å²) in [5.41, 5.74) is 2.89. The fourth-order valence-corrected chi connectivity index (χ4v) is 7.65. The number of carbonyl (C=O) groups excluding carboxylic acids is 2. The first kappa shape index (κ1) is 32.1. The molecular formula is C42H34N2O4S. The van der Waals surface area contributed by atoms with Crippen molar-refractivity contribution < 1.29 is 19.2 Å². The van der Waals surface area contributed by atoms with Crippen molar-refractivity contribution in [1.29, 1.82) is 0 Å². The number of benzene rings is 6. The van der Waals surface area contributed by atoms with Crippen LogP contribution in [0.2, 0.25) is 0 Å². The summed E-state index contributed by atoms with van der Waals surface area (Å²) in [5.74, 6) is -0.428. The molecule has 49 heavy (non-hydrogen) atoms. The molecule has 0 aliphatic carbocycles. The second-order valence-corrected chi connectivity index (χ2v) is 13.0. The summed E-state index contributed by atoms with van der Waals surface area (Å²) in [6, 6.07) is 53.0. The van der Waals surface area contributed by atoms with Gasteiger partial charge in [-0.2, -0.15) is 0 Å². The average molecular weight is 663 g/mol. The van der Waals surface area contributed by atoms with Crippen molar-refractivity contribution >= 4 is 39.9 Å². The average Bonchev–Trinajstić information content (AvgIpc) is 3.40. The van der Waals surface area contributed by atoms with Crippen LogP contribution in [0.15, 0.2) is 169 Å². The molecule has 242 valence electrons. The molecule has 0 spiro atoms. The van der Waals surface area contributed by atoms with Crippen molar-refractivity contribution in [2.45, 2.75) is 16.9 Å². The van der Waals surface area contributed by atoms with Gasteiger partial charge in [-0.05, 0) is 56.4 Å². The van der Waals surface area contributed by atoms with Crippen LogP contribution in [0.4, 0.5) is 4.79 Å². The van der Waals surface area contributed by atoms with E-state index in [2.05, 4.69) is 17.3 Å². The van der Waals surface area contributed by atoms with Gasteiger partial charge in [0.15, 0.2) is 0 Å². The van der Waals surface area contributed by atoms with E-state index in [1.54, 1.807) is 6.21 Å². The lowest BCUT2D eigenvalue weighted by atomic mass is 9.75. The number of oxime groups is 1. The molecule has 6 aromatic rings. The van der Waals surface area contributed by atoms with Crippen LogP contribution in [0, 0.1) is 0 Å². The quantitative estimate of drug-likeness (QED) is 0.0567. The summed E-state index contributed by atoms with van der Waals surface area (Å²) in [4.78, 5) is 35.0. The number of imide groups is 1. The van der Waals surface area contributed by atoms with Crippen LogP contribution in [-0.2, 0) is 26.3 Å². The van der Waals surface area contributed by atoms with E-state index >= 15 is 4.79 Å². The minimum Gasteiger partial charge on any atom is -0.393 e. The van der Waals surface area contributed by atoms with Gasteiger partial charge >= 0.3 is 0 Å². The Morgan fingerprint density at radius 3 is 1.76 bits per heavy atom. The van der Waals surface area contributed by atoms with Crippen LogP contribution >= 0.6 is 11.8 Å². The van der Waals surface area contributed by atoms with Crippen molar-refractivity contribution in [2.75, 3.05) is 13.2 Å². The second kappa shape index (κ2) is 14.3. The number of thioether (sulfide) groups is 1. The predicted octanol–water partition coefficient (Wildman–Crippen LogP) is 8.83. The number of rotatable bonds is 12. The molecule has 0 bridgehead atoms. The molecule has 1 heterocycles. The van der Waals surface area contributed by atoms with Gasteiger partial charge in [0, 0.05) is 6.42 Å². The highest BCUT2D eigenvalue weighted by molar-refractivity contribution is 8.15. The Balaban J connectivity index is 1.21. The molecule has 0 saturated carbocycles. The van der Waals surface area contributed by atoms with Gasteiger partial charge in [0.25, 0.3) is 11.1 Å². The molecule has 1 fully saturated rings. The van der Waals surface area contributed by atoms with Crippen LogP contribution in [-0.4, -0.2) is 40.4 Å². The molecule has 0 radical (unpaired) electrons. The van der Waals surface area contributed by atoms with E-state index < -0.39 is 21.6 Å². The molecule has 1 atom stereocenters. The Morgan fingerprint density at radius 2 is 1.16 bits per heavy atom. The molecule has 6 nitrogen and oxygen atoms in total. The van der Waals surface area contributed by atoms with E-state index in [-0.39, 0.29) is 19.6 Å². The van der Waals surface area contributed by atoms with Gasteiger partial charge < -0.3 is 9.57 Å². The molecule has 2 amide bonds. The summed E-state index contributed by atoms with van der Waals surface area (Å²) in [5, 5.41) is 6.02. The highest BCUT2D eigenvalue weighted by Crippen LogP contribution is 2.51. The smallest absolute Gasteiger partial charge is 0.293 e. The molecule has 7 heteroatoms. The van der Waals surface area contributed by atoms with Gasteiger partial charge in [-0.3, -0.25) is 14.5 Å². The molecule has 7 rings (SSSR count). The van der Waals surface area contributed by atoms with Crippen molar-refractivity contribution in [1.82, 2.24) is 4.90 Å². The van der Waals surface area contributed by atoms with Crippen LogP contribution in [0.3, 0.4) is 0 Å². The molecular weight excluding hydrogens is 629 g/mol. The first-order valence-corrected chi connectivity index (χ1v) is 17.0. The number of amides is 2. The minimum atomic E-state index is -1.53. The largest absolute Gasteiger partial charge is 0.393 e. The maximum atomic E-state index is 15.1. The number of carbonyl (C=O) groups is 2. The highest BCUT2D eigenvalue weighted by atomic mass is 32.2. The van der Waals surface area contributed by atoms with Crippen LogP contribution < -0.4 is 0 Å². The highest BCUT2D eigenvalue weighted by Gasteiger charge is 2.61. The Labute approximate surface area is 290 Å². The second-order valence-electron chi connectivity index (χ2n) is 11.8. The van der Waals surface area contributed by atoms with Gasteiger partial charge in [-0.25, -0.2) is 0 Å². The van der Waals surface area contributed by atoms with Gasteiger partial charge in [0.05, 0.1) is 12.8 Å². The third kappa shape index (κ3) is 6.38. The number of hydrogen-bond donors (Lipinski definition) is 0. The normalized spacial score (nSPS) is 16.4. The van der Waals surface area contributed by atoms with Crippen molar-refractivity contribution in [3.8, 4) is 0 Å². The zero-order chi connectivity index (χ0) is 33.5. The third-order valence-electron chi connectivity index (χ3n) is 8.71. The maximum absolute atomic E-state index is 15.1. The SMILES string of the molecule is O=C1SC(Cc2ccccc2)(OCCON=Cc2ccc3ccccc3c2)C(=O)N1C(c1ccccc1)(c1ccccc1)c1ccccc1. The van der Waals surface area contributed by atoms with E-state index in [4.69, 9.17) is 9.57 Å². The lowest BCUT2D eigenvalue weighted by molar-refractivity contribution is -0.146. The lowest BCUT2D eigenvalue weighted by Gasteiger charge is -2.42. The van der Waals surface area contributed by atoms with Gasteiger partial charge in [-0.1, -0.05) is 163 Å². The number of nitrogens with zero attached hydrogens (tertiary/aromatic N) is 2. The Hall–Kier alpha value is -5.50. The maximum Gasteiger partial charge on any atom is 0.293 e. The van der Waals surface area contributed by atoms with Crippen LogP contribution in [0.1, 0.15) is 27.8 Å². The van der Waals surface area contributed by atoms with Gasteiger partial charge in [0.1, 0.15) is 12.1 Å². The molecule has 1 saturated heterocycles. The van der Waals surface area contributed by atoms with Crippen molar-refractivity contribution in [3.63, 3.8) is 0 Å². The summed E-state index contributed by atoms with van der Waals surface area (Å²) < 4.78 is 6.47. The first-order chi connectivity index (χ1) is 24.1. The fraction of sp³-hybridized carbons (Fsp3) is 0.119. The fourth-order valence-electron chi connectivity index (χ4n) is 6.50. The molecule has 0 N–H and O–H groups in total. The van der Waals surface area contributed by atoms with E-state index in [0.717, 1.165) is 50.4 Å². The zero-order valence-electron chi connectivity index (χ0n) is 26.7. The molecule has 6 aromatic carbocycles. The minimum absolute atomic E-state index is 0.0385. The topological polar surface area (TPSA) is 68.2 Å². The Bertz CT molecular complexity index is 1980. The van der Waals surface area contributed by atoms with Crippen LogP contribution in [0.25, 0.3) is 10.8 Å². The van der Waals surface area contributed by atoms with Gasteiger partial charge in [-0.15, -0.1) is 0 Å². The Kier molecular flexibility index (Phi) is 9.37. The molecule has 0 aromatic heterocycles. The molecule has 1 aliphatic rings. The molecule has 1 aliphatic heterocycles. The first-order valence-electron chi connectivity index (χ1n) is 16.2. The monoisotopic (exact) mass is 662 g/mol. The van der Waals surface area contributed by atoms with Crippen LogP contribution in [0.5, 0.6) is 0 Å². The van der Waals surface area contributed by atoms with E-state index in [0.29, 0.717) is 0 Å². The number of fused-ring (bicyclic) bond motifs is 1. The number of hydrogen-bond acceptors (Lipinski definition) is 6. The standard InChI is InChI=1S/C42H34N2O4S/c45-39-41(30-32-15-5-1-6-16-32,47-27-28-48-43-31-33-25-26-34-17-13-14-18-35(34)29-33)49-40(46)44(39)42(36-19-7-2-8-20-36,37-21-9-3-10-22-37)38-23-11-4-12-24-38/h1-26,29,31H,27-28,30H2. The Morgan fingerprint density at radius 1 is 0.633 bits per heavy atom. The van der Waals surface area contributed by atoms with Crippen molar-refractivity contribution in [2.24, 2.45) is 5.16 Å². The number of ether oxygens (including phenoxy) is 1. The summed E-state index contributed by atoms with van der Waals surface area (Å²) in [6.45, 7) is 0.126. The third-order valence-corrected chi connectivity index (χ3v) is 9.84. The summed E-state index contributed by atoms with van der Waals surface area (Å²) in [6.07, 6.45) is 1.84. The summed E-state index contributed by atoms with van der Waals surface area (Å²) in [7, 11) is 0. The van der Waals surface area contributed by atoms with E-state index in [1.807, 2.05) is 152 Å². The molecule has 1 unspecified atom stereocenters. The lowest BCUT2D eigenvalue weighted by Crippen LogP contribution is -2.54. The summed E-state index contributed by atoms with van der Waals surface area (Å²) >= 11 is 0.918. The predicted molar refractivity (Wildman–Crippen MR) is 195 cm³/mol. The zero-order valence-corrected chi connectivity index (χ0v) is 27.5. The van der Waals surface area contributed by atoms with E-state index in [9.17, 15) is 4.79 Å². The van der Waals surface area contributed by atoms with E-state index in [1.165, 1.54) is 4.90 Å².